The number of aryl methyl sites for hydroxylation is 2. The fourth-order valence-electron chi connectivity index (χ4n) is 2.20. The van der Waals surface area contributed by atoms with E-state index < -0.39 is 0 Å². The molecular formula is C13H20N6O2. The molecule has 0 bridgehead atoms. The van der Waals surface area contributed by atoms with Gasteiger partial charge in [0.25, 0.3) is 0 Å². The van der Waals surface area contributed by atoms with E-state index in [2.05, 4.69) is 20.5 Å². The number of hydrazine groups is 1. The number of ether oxygens (including phenoxy) is 2. The van der Waals surface area contributed by atoms with Crippen LogP contribution in [0.5, 0.6) is 11.8 Å². The summed E-state index contributed by atoms with van der Waals surface area (Å²) >= 11 is 0. The van der Waals surface area contributed by atoms with E-state index in [1.165, 1.54) is 20.4 Å². The van der Waals surface area contributed by atoms with Gasteiger partial charge in [0.15, 0.2) is 0 Å². The lowest BCUT2D eigenvalue weighted by atomic mass is 10.0. The molecule has 0 saturated heterocycles. The largest absolute Gasteiger partial charge is 0.480 e. The zero-order valence-corrected chi connectivity index (χ0v) is 12.6. The van der Waals surface area contributed by atoms with Crippen molar-refractivity contribution in [1.29, 1.82) is 0 Å². The van der Waals surface area contributed by atoms with Crippen molar-refractivity contribution < 1.29 is 9.47 Å². The Bertz CT molecular complexity index is 613. The summed E-state index contributed by atoms with van der Waals surface area (Å²) in [7, 11) is 4.93. The normalized spacial score (nSPS) is 12.2. The van der Waals surface area contributed by atoms with Crippen molar-refractivity contribution in [3.05, 3.63) is 29.3 Å². The summed E-state index contributed by atoms with van der Waals surface area (Å²) < 4.78 is 12.1. The third kappa shape index (κ3) is 2.96. The zero-order valence-electron chi connectivity index (χ0n) is 12.6. The zero-order chi connectivity index (χ0) is 15.4. The fourth-order valence-corrected chi connectivity index (χ4v) is 2.20. The van der Waals surface area contributed by atoms with Crippen molar-refractivity contribution in [3.8, 4) is 11.8 Å². The van der Waals surface area contributed by atoms with Gasteiger partial charge >= 0.3 is 0 Å². The van der Waals surface area contributed by atoms with E-state index in [4.69, 9.17) is 15.3 Å². The van der Waals surface area contributed by atoms with E-state index in [1.54, 1.807) is 4.68 Å². The van der Waals surface area contributed by atoms with Crippen LogP contribution in [0.2, 0.25) is 0 Å². The van der Waals surface area contributed by atoms with Gasteiger partial charge in [0.1, 0.15) is 5.69 Å². The second-order valence-electron chi connectivity index (χ2n) is 4.46. The molecular weight excluding hydrogens is 272 g/mol. The molecule has 2 aromatic heterocycles. The van der Waals surface area contributed by atoms with Gasteiger partial charge in [-0.2, -0.15) is 10.1 Å². The smallest absolute Gasteiger partial charge is 0.240 e. The summed E-state index contributed by atoms with van der Waals surface area (Å²) in [6.45, 7) is 2.04. The molecule has 0 aliphatic carbocycles. The van der Waals surface area contributed by atoms with Crippen LogP contribution in [0.4, 0.5) is 0 Å². The maximum atomic E-state index is 5.72. The molecule has 8 heteroatoms. The number of aromatic nitrogens is 4. The molecule has 114 valence electrons. The molecule has 0 spiro atoms. The van der Waals surface area contributed by atoms with Crippen LogP contribution in [0.1, 0.15) is 29.9 Å². The number of hydrogen-bond donors (Lipinski definition) is 2. The minimum atomic E-state index is -0.359. The molecule has 8 nitrogen and oxygen atoms in total. The van der Waals surface area contributed by atoms with Gasteiger partial charge in [-0.3, -0.25) is 10.5 Å². The van der Waals surface area contributed by atoms with Gasteiger partial charge in [-0.25, -0.2) is 10.4 Å². The van der Waals surface area contributed by atoms with Crippen LogP contribution in [0.3, 0.4) is 0 Å². The number of nitrogens with zero attached hydrogens (tertiary/aromatic N) is 4. The molecule has 0 aromatic carbocycles. The summed E-state index contributed by atoms with van der Waals surface area (Å²) in [5.74, 6) is 6.47. The fraction of sp³-hybridized carbons (Fsp3) is 0.462. The van der Waals surface area contributed by atoms with E-state index in [1.807, 2.05) is 20.2 Å². The summed E-state index contributed by atoms with van der Waals surface area (Å²) in [5, 5.41) is 4.42. The lowest BCUT2D eigenvalue weighted by molar-refractivity contribution is 0.352. The highest BCUT2D eigenvalue weighted by molar-refractivity contribution is 5.35. The van der Waals surface area contributed by atoms with E-state index in [9.17, 15) is 0 Å². The van der Waals surface area contributed by atoms with E-state index in [-0.39, 0.29) is 6.04 Å². The Hall–Kier alpha value is -2.19. The highest BCUT2D eigenvalue weighted by Gasteiger charge is 2.24. The first-order chi connectivity index (χ1) is 10.1. The molecule has 0 amide bonds. The first-order valence-electron chi connectivity index (χ1n) is 6.58. The lowest BCUT2D eigenvalue weighted by Crippen LogP contribution is -2.30. The van der Waals surface area contributed by atoms with Crippen molar-refractivity contribution in [2.45, 2.75) is 19.4 Å². The van der Waals surface area contributed by atoms with Gasteiger partial charge < -0.3 is 9.47 Å². The van der Waals surface area contributed by atoms with Gasteiger partial charge in [-0.1, -0.05) is 6.92 Å². The van der Waals surface area contributed by atoms with Crippen molar-refractivity contribution >= 4 is 0 Å². The molecule has 21 heavy (non-hydrogen) atoms. The molecule has 0 fully saturated rings. The summed E-state index contributed by atoms with van der Waals surface area (Å²) in [6.07, 6.45) is 4.24. The van der Waals surface area contributed by atoms with Gasteiger partial charge in [0.2, 0.25) is 11.8 Å². The highest BCUT2D eigenvalue weighted by atomic mass is 16.5. The van der Waals surface area contributed by atoms with Crippen LogP contribution in [0, 0.1) is 0 Å². The standard InChI is InChI=1S/C13H20N6O2/c1-5-9-8(7-19(2)18-9)11(17-14)12-13(21-4)16-10(20-3)6-15-12/h6-7,11,17H,5,14H2,1-4H3. The average molecular weight is 292 g/mol. The molecule has 1 atom stereocenters. The predicted molar refractivity (Wildman–Crippen MR) is 76.9 cm³/mol. The topological polar surface area (TPSA) is 100 Å². The molecule has 0 radical (unpaired) electrons. The number of nitrogens with one attached hydrogen (secondary N) is 1. The summed E-state index contributed by atoms with van der Waals surface area (Å²) in [4.78, 5) is 8.60. The van der Waals surface area contributed by atoms with Crippen molar-refractivity contribution in [3.63, 3.8) is 0 Å². The first kappa shape index (κ1) is 15.2. The minimum absolute atomic E-state index is 0.359. The van der Waals surface area contributed by atoms with Crippen LogP contribution >= 0.6 is 0 Å². The first-order valence-corrected chi connectivity index (χ1v) is 6.58. The average Bonchev–Trinajstić information content (AvgIpc) is 2.89. The number of nitrogens with two attached hydrogens (primary N) is 1. The Morgan fingerprint density at radius 3 is 2.71 bits per heavy atom. The van der Waals surface area contributed by atoms with Crippen molar-refractivity contribution in [2.75, 3.05) is 14.2 Å². The maximum Gasteiger partial charge on any atom is 0.240 e. The third-order valence-corrected chi connectivity index (χ3v) is 3.17. The monoisotopic (exact) mass is 292 g/mol. The summed E-state index contributed by atoms with van der Waals surface area (Å²) in [5.41, 5.74) is 5.23. The Kier molecular flexibility index (Phi) is 4.71. The van der Waals surface area contributed by atoms with Crippen LogP contribution in [0.25, 0.3) is 0 Å². The van der Waals surface area contributed by atoms with Crippen LogP contribution in [0.15, 0.2) is 12.4 Å². The highest BCUT2D eigenvalue weighted by Crippen LogP contribution is 2.29. The maximum absolute atomic E-state index is 5.72. The quantitative estimate of drug-likeness (QED) is 0.585. The molecule has 2 heterocycles. The Morgan fingerprint density at radius 2 is 2.14 bits per heavy atom. The predicted octanol–water partition coefficient (Wildman–Crippen LogP) is 0.342. The Labute approximate surface area is 123 Å². The molecule has 3 N–H and O–H groups in total. The Balaban J connectivity index is 2.50. The molecule has 0 aliphatic heterocycles. The van der Waals surface area contributed by atoms with Crippen LogP contribution < -0.4 is 20.7 Å². The van der Waals surface area contributed by atoms with Crippen molar-refractivity contribution in [1.82, 2.24) is 25.2 Å². The van der Waals surface area contributed by atoms with E-state index in [0.29, 0.717) is 17.5 Å². The molecule has 2 rings (SSSR count). The van der Waals surface area contributed by atoms with Gasteiger partial charge in [-0.15, -0.1) is 0 Å². The minimum Gasteiger partial charge on any atom is -0.480 e. The number of methoxy groups -OCH3 is 2. The number of rotatable bonds is 6. The van der Waals surface area contributed by atoms with E-state index in [0.717, 1.165) is 17.7 Å². The third-order valence-electron chi connectivity index (χ3n) is 3.17. The molecule has 0 saturated carbocycles. The molecule has 2 aromatic rings. The lowest BCUT2D eigenvalue weighted by Gasteiger charge is -2.17. The molecule has 1 unspecified atom stereocenters. The van der Waals surface area contributed by atoms with Gasteiger partial charge in [-0.05, 0) is 6.42 Å². The number of hydrogen-bond acceptors (Lipinski definition) is 7. The van der Waals surface area contributed by atoms with Gasteiger partial charge in [0, 0.05) is 18.8 Å². The molecule has 0 aliphatic rings. The second-order valence-corrected chi connectivity index (χ2v) is 4.46. The Morgan fingerprint density at radius 1 is 1.38 bits per heavy atom. The van der Waals surface area contributed by atoms with Gasteiger partial charge in [0.05, 0.1) is 32.2 Å². The SMILES string of the molecule is CCc1nn(C)cc1C(NN)c1ncc(OC)nc1OC. The van der Waals surface area contributed by atoms with Crippen LogP contribution in [-0.2, 0) is 13.5 Å². The summed E-state index contributed by atoms with van der Waals surface area (Å²) in [6, 6.07) is -0.359. The van der Waals surface area contributed by atoms with E-state index >= 15 is 0 Å². The van der Waals surface area contributed by atoms with Crippen LogP contribution in [-0.4, -0.2) is 34.0 Å². The van der Waals surface area contributed by atoms with Crippen molar-refractivity contribution in [2.24, 2.45) is 12.9 Å². The second kappa shape index (κ2) is 6.51.